The quantitative estimate of drug-likeness (QED) is 0.808. The van der Waals surface area contributed by atoms with Gasteiger partial charge in [0.15, 0.2) is 11.5 Å². The van der Waals surface area contributed by atoms with E-state index in [4.69, 9.17) is 15.2 Å². The Morgan fingerprint density at radius 3 is 2.35 bits per heavy atom. The Labute approximate surface area is 142 Å². The van der Waals surface area contributed by atoms with E-state index < -0.39 is 5.54 Å². The minimum absolute atomic E-state index is 0.0248. The van der Waals surface area contributed by atoms with Gasteiger partial charge in [-0.2, -0.15) is 0 Å². The second kappa shape index (κ2) is 7.45. The average molecular weight is 338 g/mol. The molecule has 5 nitrogen and oxygen atoms in total. The molecule has 0 spiro atoms. The molecular formula is C17H26N2O3S. The van der Waals surface area contributed by atoms with Crippen LogP contribution in [0.2, 0.25) is 0 Å². The topological polar surface area (TPSA) is 64.8 Å². The molecule has 23 heavy (non-hydrogen) atoms. The molecule has 128 valence electrons. The van der Waals surface area contributed by atoms with E-state index in [0.29, 0.717) is 18.0 Å². The first-order chi connectivity index (χ1) is 10.9. The van der Waals surface area contributed by atoms with Crippen molar-refractivity contribution in [2.45, 2.75) is 42.7 Å². The molecule has 0 atom stereocenters. The highest BCUT2D eigenvalue weighted by molar-refractivity contribution is 7.98. The lowest BCUT2D eigenvalue weighted by atomic mass is 9.97. The van der Waals surface area contributed by atoms with Gasteiger partial charge in [-0.15, -0.1) is 11.8 Å². The van der Waals surface area contributed by atoms with Gasteiger partial charge in [0.25, 0.3) is 0 Å². The number of ether oxygens (including phenoxy) is 2. The second-order valence-electron chi connectivity index (χ2n) is 6.04. The molecule has 6 heteroatoms. The summed E-state index contributed by atoms with van der Waals surface area (Å²) in [6.07, 6.45) is 5.62. The number of nitrogens with zero attached hydrogens (tertiary/aromatic N) is 1. The molecule has 0 unspecified atom stereocenters. The Morgan fingerprint density at radius 2 is 1.83 bits per heavy atom. The fourth-order valence-electron chi connectivity index (χ4n) is 3.14. The number of thioether (sulfide) groups is 1. The minimum Gasteiger partial charge on any atom is -0.493 e. The van der Waals surface area contributed by atoms with E-state index in [2.05, 4.69) is 0 Å². The second-order valence-corrected chi connectivity index (χ2v) is 6.89. The van der Waals surface area contributed by atoms with E-state index in [1.54, 1.807) is 30.9 Å². The fraction of sp³-hybridized carbons (Fsp3) is 0.588. The molecule has 1 aliphatic carbocycles. The molecular weight excluding hydrogens is 312 g/mol. The summed E-state index contributed by atoms with van der Waals surface area (Å²) in [6, 6.07) is 3.89. The predicted octanol–water partition coefficient (Wildman–Crippen LogP) is 2.66. The number of nitrogens with two attached hydrogens (primary N) is 1. The summed E-state index contributed by atoms with van der Waals surface area (Å²) >= 11 is 1.62. The molecule has 0 heterocycles. The summed E-state index contributed by atoms with van der Waals surface area (Å²) in [5.74, 6) is 1.39. The van der Waals surface area contributed by atoms with Crippen LogP contribution in [0, 0.1) is 0 Å². The summed E-state index contributed by atoms with van der Waals surface area (Å²) < 4.78 is 10.7. The monoisotopic (exact) mass is 338 g/mol. The molecule has 2 N–H and O–H groups in total. The Balaban J connectivity index is 2.22. The first-order valence-electron chi connectivity index (χ1n) is 7.78. The Hall–Kier alpha value is -1.40. The Bertz CT molecular complexity index is 571. The maximum atomic E-state index is 12.7. The lowest BCUT2D eigenvalue weighted by Crippen LogP contribution is -2.52. The number of likely N-dealkylation sites (N-methyl/N-ethyl adjacent to an activating group) is 1. The third-order valence-corrected chi connectivity index (χ3v) is 5.28. The van der Waals surface area contributed by atoms with Crippen molar-refractivity contribution in [2.75, 3.05) is 27.5 Å². The molecule has 1 fully saturated rings. The van der Waals surface area contributed by atoms with Crippen molar-refractivity contribution in [3.8, 4) is 11.5 Å². The Morgan fingerprint density at radius 1 is 1.26 bits per heavy atom. The maximum absolute atomic E-state index is 12.7. The zero-order valence-electron chi connectivity index (χ0n) is 14.3. The Kier molecular flexibility index (Phi) is 5.81. The first-order valence-corrected chi connectivity index (χ1v) is 9.01. The van der Waals surface area contributed by atoms with Crippen molar-refractivity contribution in [2.24, 2.45) is 5.73 Å². The normalized spacial score (nSPS) is 16.2. The highest BCUT2D eigenvalue weighted by atomic mass is 32.2. The SMILES string of the molecule is COc1cc(CN(C)C(=O)C2(N)CCCC2)c(SC)cc1OC. The van der Waals surface area contributed by atoms with E-state index in [-0.39, 0.29) is 5.91 Å². The zero-order valence-corrected chi connectivity index (χ0v) is 15.2. The van der Waals surface area contributed by atoms with Gasteiger partial charge in [0, 0.05) is 18.5 Å². The molecule has 1 aromatic carbocycles. The molecule has 0 aliphatic heterocycles. The summed E-state index contributed by atoms with van der Waals surface area (Å²) in [4.78, 5) is 15.5. The van der Waals surface area contributed by atoms with Crippen LogP contribution < -0.4 is 15.2 Å². The predicted molar refractivity (Wildman–Crippen MR) is 93.2 cm³/mol. The summed E-state index contributed by atoms with van der Waals surface area (Å²) in [6.45, 7) is 0.508. The molecule has 1 amide bonds. The lowest BCUT2D eigenvalue weighted by Gasteiger charge is -2.29. The van der Waals surface area contributed by atoms with Crippen molar-refractivity contribution < 1.29 is 14.3 Å². The number of benzene rings is 1. The number of carbonyl (C=O) groups is 1. The molecule has 2 rings (SSSR count). The van der Waals surface area contributed by atoms with Crippen LogP contribution in [0.25, 0.3) is 0 Å². The van der Waals surface area contributed by atoms with Gasteiger partial charge in [0.05, 0.1) is 19.8 Å². The number of amides is 1. The summed E-state index contributed by atoms with van der Waals surface area (Å²) in [5, 5.41) is 0. The molecule has 0 bridgehead atoms. The van der Waals surface area contributed by atoms with Gasteiger partial charge in [-0.3, -0.25) is 4.79 Å². The number of rotatable bonds is 6. The van der Waals surface area contributed by atoms with Gasteiger partial charge in [0.2, 0.25) is 5.91 Å². The number of hydrogen-bond donors (Lipinski definition) is 1. The van der Waals surface area contributed by atoms with Gasteiger partial charge in [-0.1, -0.05) is 12.8 Å². The smallest absolute Gasteiger partial charge is 0.242 e. The van der Waals surface area contributed by atoms with Crippen molar-refractivity contribution >= 4 is 17.7 Å². The van der Waals surface area contributed by atoms with Crippen molar-refractivity contribution in [3.63, 3.8) is 0 Å². The third-order valence-electron chi connectivity index (χ3n) is 4.46. The molecule has 0 aromatic heterocycles. The third kappa shape index (κ3) is 3.75. The van der Waals surface area contributed by atoms with Crippen molar-refractivity contribution in [1.29, 1.82) is 0 Å². The molecule has 1 aromatic rings. The van der Waals surface area contributed by atoms with Crippen molar-refractivity contribution in [1.82, 2.24) is 4.90 Å². The van der Waals surface area contributed by atoms with Gasteiger partial charge >= 0.3 is 0 Å². The number of hydrogen-bond acceptors (Lipinski definition) is 5. The van der Waals surface area contributed by atoms with E-state index in [0.717, 1.165) is 36.1 Å². The van der Waals surface area contributed by atoms with E-state index in [1.807, 2.05) is 25.4 Å². The van der Waals surface area contributed by atoms with Crippen LogP contribution in [0.5, 0.6) is 11.5 Å². The van der Waals surface area contributed by atoms with Gasteiger partial charge in [-0.25, -0.2) is 0 Å². The van der Waals surface area contributed by atoms with Crippen LogP contribution in [-0.2, 0) is 11.3 Å². The maximum Gasteiger partial charge on any atom is 0.242 e. The average Bonchev–Trinajstić information content (AvgIpc) is 3.01. The number of methoxy groups -OCH3 is 2. The van der Waals surface area contributed by atoms with Crippen molar-refractivity contribution in [3.05, 3.63) is 17.7 Å². The van der Waals surface area contributed by atoms with Crippen LogP contribution in [0.3, 0.4) is 0 Å². The fourth-order valence-corrected chi connectivity index (χ4v) is 3.75. The van der Waals surface area contributed by atoms with Crippen LogP contribution in [0.4, 0.5) is 0 Å². The zero-order chi connectivity index (χ0) is 17.0. The molecule has 0 radical (unpaired) electrons. The standard InChI is InChI=1S/C17H26N2O3S/c1-19(16(20)17(18)7-5-6-8-17)11-12-9-13(21-2)14(22-3)10-15(12)23-4/h9-10H,5-8,11,18H2,1-4H3. The highest BCUT2D eigenvalue weighted by Crippen LogP contribution is 2.36. The molecule has 1 saturated carbocycles. The first kappa shape index (κ1) is 17.9. The van der Waals surface area contributed by atoms with E-state index >= 15 is 0 Å². The lowest BCUT2D eigenvalue weighted by molar-refractivity contribution is -0.136. The van der Waals surface area contributed by atoms with E-state index in [1.165, 1.54) is 0 Å². The van der Waals surface area contributed by atoms with Crippen LogP contribution >= 0.6 is 11.8 Å². The molecule has 0 saturated heterocycles. The number of carbonyl (C=O) groups excluding carboxylic acids is 1. The summed E-state index contributed by atoms with van der Waals surface area (Å²) in [5.41, 5.74) is 6.63. The summed E-state index contributed by atoms with van der Waals surface area (Å²) in [7, 11) is 5.05. The van der Waals surface area contributed by atoms with Crippen LogP contribution in [0.1, 0.15) is 31.2 Å². The van der Waals surface area contributed by atoms with E-state index in [9.17, 15) is 4.79 Å². The van der Waals surface area contributed by atoms with Crippen LogP contribution in [-0.4, -0.2) is 43.9 Å². The van der Waals surface area contributed by atoms with Gasteiger partial charge in [0.1, 0.15) is 0 Å². The van der Waals surface area contributed by atoms with Gasteiger partial charge in [-0.05, 0) is 36.8 Å². The highest BCUT2D eigenvalue weighted by Gasteiger charge is 2.38. The largest absolute Gasteiger partial charge is 0.493 e. The minimum atomic E-state index is -0.690. The molecule has 1 aliphatic rings. The van der Waals surface area contributed by atoms with Crippen LogP contribution in [0.15, 0.2) is 17.0 Å². The van der Waals surface area contributed by atoms with Gasteiger partial charge < -0.3 is 20.1 Å².